The first kappa shape index (κ1) is 21.2. The highest BCUT2D eigenvalue weighted by molar-refractivity contribution is 5.94. The highest BCUT2D eigenvalue weighted by atomic mass is 16.4. The number of nitrogens with zero attached hydrogens (tertiary/aromatic N) is 2. The predicted molar refractivity (Wildman–Crippen MR) is 135 cm³/mol. The number of benzene rings is 2. The van der Waals surface area contributed by atoms with Crippen LogP contribution in [0.3, 0.4) is 0 Å². The lowest BCUT2D eigenvalue weighted by molar-refractivity contribution is -0.00518. The smallest absolute Gasteiger partial charge is 0.339 e. The number of carbonyl (C=O) groups is 1. The number of carboxylic acids is 1. The fourth-order valence-electron chi connectivity index (χ4n) is 7.26. The number of pyridine rings is 1. The second-order valence-corrected chi connectivity index (χ2v) is 10.7. The molecule has 0 aliphatic heterocycles. The molecule has 0 saturated heterocycles. The van der Waals surface area contributed by atoms with Crippen molar-refractivity contribution in [2.24, 2.45) is 17.8 Å². The summed E-state index contributed by atoms with van der Waals surface area (Å²) in [6, 6.07) is 20.4. The average Bonchev–Trinajstić information content (AvgIpc) is 2.84. The average molecular weight is 454 g/mol. The van der Waals surface area contributed by atoms with Gasteiger partial charge in [0, 0.05) is 30.3 Å². The third kappa shape index (κ3) is 3.73. The van der Waals surface area contributed by atoms with E-state index in [4.69, 9.17) is 0 Å². The molecule has 4 bridgehead atoms. The molecule has 0 spiro atoms. The molecule has 2 N–H and O–H groups in total. The summed E-state index contributed by atoms with van der Waals surface area (Å²) < 4.78 is 0. The molecular weight excluding hydrogens is 422 g/mol. The van der Waals surface area contributed by atoms with Gasteiger partial charge < -0.3 is 15.3 Å². The Kier molecular flexibility index (Phi) is 5.09. The van der Waals surface area contributed by atoms with Gasteiger partial charge in [-0.25, -0.2) is 9.78 Å². The molecule has 34 heavy (non-hydrogen) atoms. The van der Waals surface area contributed by atoms with Gasteiger partial charge in [0.05, 0.1) is 0 Å². The van der Waals surface area contributed by atoms with E-state index in [1.807, 2.05) is 31.3 Å². The lowest BCUT2D eigenvalue weighted by Gasteiger charge is -2.57. The van der Waals surface area contributed by atoms with Crippen LogP contribution in [-0.4, -0.2) is 23.1 Å². The molecule has 174 valence electrons. The van der Waals surface area contributed by atoms with Crippen molar-refractivity contribution in [3.05, 3.63) is 78.0 Å². The summed E-state index contributed by atoms with van der Waals surface area (Å²) >= 11 is 0. The lowest BCUT2D eigenvalue weighted by Crippen LogP contribution is -2.48. The van der Waals surface area contributed by atoms with Crippen molar-refractivity contribution in [3.8, 4) is 0 Å². The van der Waals surface area contributed by atoms with Gasteiger partial charge in [-0.2, -0.15) is 0 Å². The van der Waals surface area contributed by atoms with Gasteiger partial charge in [-0.15, -0.1) is 0 Å². The minimum absolute atomic E-state index is 0.186. The SMILES string of the molecule is CN(c1ccc(Nc2ccc(C34CC5CC(CC(C5)C3)C4)cc2)cc1)c1ncccc1C(=O)O. The number of carboxylic acid groups (broad SMARTS) is 1. The zero-order valence-electron chi connectivity index (χ0n) is 19.6. The molecule has 4 saturated carbocycles. The number of anilines is 4. The Bertz CT molecular complexity index is 1170. The van der Waals surface area contributed by atoms with Crippen molar-refractivity contribution in [1.29, 1.82) is 0 Å². The Morgan fingerprint density at radius 2 is 1.47 bits per heavy atom. The van der Waals surface area contributed by atoms with Crippen molar-refractivity contribution >= 4 is 28.8 Å². The summed E-state index contributed by atoms with van der Waals surface area (Å²) in [7, 11) is 1.83. The van der Waals surface area contributed by atoms with Crippen LogP contribution in [0.2, 0.25) is 0 Å². The van der Waals surface area contributed by atoms with Crippen molar-refractivity contribution in [2.75, 3.05) is 17.3 Å². The largest absolute Gasteiger partial charge is 0.478 e. The van der Waals surface area contributed by atoms with Crippen molar-refractivity contribution in [1.82, 2.24) is 4.98 Å². The van der Waals surface area contributed by atoms with Gasteiger partial charge in [0.25, 0.3) is 0 Å². The number of hydrogen-bond donors (Lipinski definition) is 2. The minimum atomic E-state index is -0.981. The molecule has 3 aromatic rings. The molecule has 0 radical (unpaired) electrons. The quantitative estimate of drug-likeness (QED) is 0.432. The van der Waals surface area contributed by atoms with Crippen molar-refractivity contribution in [3.63, 3.8) is 0 Å². The molecule has 5 nitrogen and oxygen atoms in total. The standard InChI is InChI=1S/C29H31N3O2/c1-32(27-26(28(33)34)3-2-12-30-27)25-10-8-24(9-11-25)31-23-6-4-22(5-7-23)29-16-19-13-20(17-29)15-21(14-19)18-29/h2-12,19-21,31H,13-18H2,1H3,(H,33,34). The van der Waals surface area contributed by atoms with E-state index in [0.717, 1.165) is 34.8 Å². The van der Waals surface area contributed by atoms with Crippen LogP contribution < -0.4 is 10.2 Å². The van der Waals surface area contributed by atoms with E-state index in [-0.39, 0.29) is 5.56 Å². The minimum Gasteiger partial charge on any atom is -0.478 e. The number of aromatic nitrogens is 1. The highest BCUT2D eigenvalue weighted by Gasteiger charge is 2.51. The molecule has 0 amide bonds. The van der Waals surface area contributed by atoms with Crippen LogP contribution in [0.25, 0.3) is 0 Å². The maximum Gasteiger partial charge on any atom is 0.339 e. The summed E-state index contributed by atoms with van der Waals surface area (Å²) in [6.07, 6.45) is 10.2. The van der Waals surface area contributed by atoms with E-state index >= 15 is 0 Å². The van der Waals surface area contributed by atoms with Crippen LogP contribution in [0, 0.1) is 17.8 Å². The lowest BCUT2D eigenvalue weighted by atomic mass is 9.48. The molecule has 2 aromatic carbocycles. The number of rotatable bonds is 6. The Morgan fingerprint density at radius 3 is 2.03 bits per heavy atom. The van der Waals surface area contributed by atoms with Gasteiger partial charge in [-0.3, -0.25) is 0 Å². The maximum atomic E-state index is 11.5. The van der Waals surface area contributed by atoms with Crippen molar-refractivity contribution in [2.45, 2.75) is 43.9 Å². The Hall–Kier alpha value is -3.34. The molecule has 1 aromatic heterocycles. The molecule has 0 unspecified atom stereocenters. The maximum absolute atomic E-state index is 11.5. The normalized spacial score (nSPS) is 26.9. The summed E-state index contributed by atoms with van der Waals surface area (Å²) in [6.45, 7) is 0. The topological polar surface area (TPSA) is 65.5 Å². The van der Waals surface area contributed by atoms with Crippen LogP contribution in [-0.2, 0) is 5.41 Å². The third-order valence-corrected chi connectivity index (χ3v) is 8.41. The summed E-state index contributed by atoms with van der Waals surface area (Å²) in [4.78, 5) is 17.6. The predicted octanol–water partition coefficient (Wildman–Crippen LogP) is 6.76. The molecule has 5 heteroatoms. The van der Waals surface area contributed by atoms with Crippen LogP contribution in [0.4, 0.5) is 22.9 Å². The first-order chi connectivity index (χ1) is 16.5. The highest BCUT2D eigenvalue weighted by Crippen LogP contribution is 2.60. The van der Waals surface area contributed by atoms with Gasteiger partial charge in [0.1, 0.15) is 11.4 Å². The van der Waals surface area contributed by atoms with E-state index in [2.05, 4.69) is 34.6 Å². The van der Waals surface area contributed by atoms with Gasteiger partial charge in [0.15, 0.2) is 0 Å². The van der Waals surface area contributed by atoms with Crippen LogP contribution in [0.15, 0.2) is 66.9 Å². The zero-order valence-corrected chi connectivity index (χ0v) is 19.6. The van der Waals surface area contributed by atoms with Gasteiger partial charge in [-0.1, -0.05) is 12.1 Å². The molecule has 4 fully saturated rings. The molecule has 4 aliphatic rings. The Labute approximate surface area is 200 Å². The summed E-state index contributed by atoms with van der Waals surface area (Å²) in [5.41, 5.74) is 5.13. The molecule has 7 rings (SSSR count). The number of aromatic carboxylic acids is 1. The second-order valence-electron chi connectivity index (χ2n) is 10.7. The molecule has 4 aliphatic carbocycles. The van der Waals surface area contributed by atoms with Crippen LogP contribution in [0.5, 0.6) is 0 Å². The second kappa shape index (κ2) is 8.15. The molecule has 0 atom stereocenters. The van der Waals surface area contributed by atoms with E-state index in [1.165, 1.54) is 38.5 Å². The third-order valence-electron chi connectivity index (χ3n) is 8.41. The van der Waals surface area contributed by atoms with E-state index in [1.54, 1.807) is 28.8 Å². The van der Waals surface area contributed by atoms with Crippen molar-refractivity contribution < 1.29 is 9.90 Å². The Balaban J connectivity index is 1.16. The first-order valence-electron chi connectivity index (χ1n) is 12.4. The fourth-order valence-corrected chi connectivity index (χ4v) is 7.26. The monoisotopic (exact) mass is 453 g/mol. The van der Waals surface area contributed by atoms with E-state index in [9.17, 15) is 9.90 Å². The Morgan fingerprint density at radius 1 is 0.912 bits per heavy atom. The van der Waals surface area contributed by atoms with Crippen LogP contribution >= 0.6 is 0 Å². The van der Waals surface area contributed by atoms with Crippen LogP contribution in [0.1, 0.15) is 54.4 Å². The fraction of sp³-hybridized carbons (Fsp3) is 0.379. The van der Waals surface area contributed by atoms with E-state index < -0.39 is 5.97 Å². The van der Waals surface area contributed by atoms with Gasteiger partial charge in [0.2, 0.25) is 0 Å². The van der Waals surface area contributed by atoms with Gasteiger partial charge in [-0.05, 0) is 116 Å². The molecule has 1 heterocycles. The summed E-state index contributed by atoms with van der Waals surface area (Å²) in [5, 5.41) is 13.0. The number of hydrogen-bond acceptors (Lipinski definition) is 4. The van der Waals surface area contributed by atoms with Gasteiger partial charge >= 0.3 is 5.97 Å². The summed E-state index contributed by atoms with van der Waals surface area (Å²) in [5.74, 6) is 2.32. The first-order valence-corrected chi connectivity index (χ1v) is 12.4. The van der Waals surface area contributed by atoms with E-state index in [0.29, 0.717) is 11.2 Å². The number of nitrogens with one attached hydrogen (secondary N) is 1. The molecular formula is C29H31N3O2. The zero-order chi connectivity index (χ0) is 23.3.